The summed E-state index contributed by atoms with van der Waals surface area (Å²) in [5.74, 6) is 3.19. The average Bonchev–Trinajstić information content (AvgIpc) is 3.34. The predicted molar refractivity (Wildman–Crippen MR) is 114 cm³/mol. The van der Waals surface area contributed by atoms with Gasteiger partial charge in [-0.3, -0.25) is 4.79 Å². The summed E-state index contributed by atoms with van der Waals surface area (Å²) in [6.07, 6.45) is 13.9. The van der Waals surface area contributed by atoms with Gasteiger partial charge in [-0.25, -0.2) is 0 Å². The Morgan fingerprint density at radius 2 is 1.97 bits per heavy atom. The molecule has 3 fully saturated rings. The number of ether oxygens (including phenoxy) is 1. The van der Waals surface area contributed by atoms with Crippen LogP contribution in [0, 0.1) is 23.2 Å². The molecule has 1 aromatic carbocycles. The minimum absolute atomic E-state index is 0.0513. The number of carbonyl (C=O) groups is 1. The number of fused-ring (bicyclic) bond motifs is 5. The zero-order chi connectivity index (χ0) is 20.0. The van der Waals surface area contributed by atoms with Gasteiger partial charge in [0.15, 0.2) is 0 Å². The normalized spacial score (nSPS) is 36.3. The molecule has 5 atom stereocenters. The van der Waals surface area contributed by atoms with E-state index >= 15 is 0 Å². The molecule has 0 radical (unpaired) electrons. The number of rotatable bonds is 4. The fourth-order valence-electron chi connectivity index (χ4n) is 7.55. The molecule has 0 unspecified atom stereocenters. The van der Waals surface area contributed by atoms with Gasteiger partial charge >= 0.3 is 5.97 Å². The molecule has 0 bridgehead atoms. The molecule has 0 aromatic heterocycles. The summed E-state index contributed by atoms with van der Waals surface area (Å²) in [4.78, 5) is 12.6. The molecule has 0 amide bonds. The van der Waals surface area contributed by atoms with E-state index in [0.717, 1.165) is 31.6 Å². The van der Waals surface area contributed by atoms with Crippen LogP contribution in [-0.2, 0) is 16.0 Å². The Hall–Kier alpha value is -1.51. The van der Waals surface area contributed by atoms with Crippen molar-refractivity contribution in [3.05, 3.63) is 29.3 Å². The molecule has 4 aliphatic carbocycles. The van der Waals surface area contributed by atoms with Gasteiger partial charge in [-0.05, 0) is 91.9 Å². The van der Waals surface area contributed by atoms with E-state index in [2.05, 4.69) is 13.0 Å². The van der Waals surface area contributed by atoms with Crippen LogP contribution < -0.4 is 0 Å². The van der Waals surface area contributed by atoms with Gasteiger partial charge in [0.1, 0.15) is 11.9 Å². The first kappa shape index (κ1) is 19.5. The summed E-state index contributed by atoms with van der Waals surface area (Å²) in [7, 11) is 0. The maximum Gasteiger partial charge on any atom is 0.306 e. The smallest absolute Gasteiger partial charge is 0.306 e. The van der Waals surface area contributed by atoms with E-state index in [-0.39, 0.29) is 17.5 Å². The van der Waals surface area contributed by atoms with Gasteiger partial charge in [0.25, 0.3) is 0 Å². The number of carbonyl (C=O) groups excluding carboxylic acids is 1. The van der Waals surface area contributed by atoms with Gasteiger partial charge in [0, 0.05) is 11.8 Å². The predicted octanol–water partition coefficient (Wildman–Crippen LogP) is 6.13. The van der Waals surface area contributed by atoms with Crippen molar-refractivity contribution in [3.8, 4) is 5.75 Å². The molecule has 4 aliphatic rings. The molecule has 0 saturated heterocycles. The molecule has 5 rings (SSSR count). The Kier molecular flexibility index (Phi) is 5.12. The number of aromatic hydroxyl groups is 1. The van der Waals surface area contributed by atoms with E-state index in [9.17, 15) is 9.90 Å². The quantitative estimate of drug-likeness (QED) is 0.623. The summed E-state index contributed by atoms with van der Waals surface area (Å²) in [5, 5.41) is 9.86. The van der Waals surface area contributed by atoms with Gasteiger partial charge in [-0.15, -0.1) is 0 Å². The molecule has 3 saturated carbocycles. The first-order valence-electron chi connectivity index (χ1n) is 12.1. The summed E-state index contributed by atoms with van der Waals surface area (Å²) < 4.78 is 6.14. The molecule has 3 nitrogen and oxygen atoms in total. The molecule has 3 heteroatoms. The van der Waals surface area contributed by atoms with Crippen molar-refractivity contribution in [2.75, 3.05) is 0 Å². The van der Waals surface area contributed by atoms with Crippen LogP contribution in [0.5, 0.6) is 5.75 Å². The van der Waals surface area contributed by atoms with E-state index in [1.54, 1.807) is 0 Å². The highest BCUT2D eigenvalue weighted by Crippen LogP contribution is 2.61. The third-order valence-electron chi connectivity index (χ3n) is 9.13. The topological polar surface area (TPSA) is 46.5 Å². The lowest BCUT2D eigenvalue weighted by Gasteiger charge is -2.50. The molecular formula is C26H36O3. The van der Waals surface area contributed by atoms with Crippen molar-refractivity contribution in [2.24, 2.45) is 23.2 Å². The summed E-state index contributed by atoms with van der Waals surface area (Å²) in [6.45, 7) is 2.40. The Balaban J connectivity index is 1.25. The van der Waals surface area contributed by atoms with Crippen molar-refractivity contribution in [1.82, 2.24) is 0 Å². The fourth-order valence-corrected chi connectivity index (χ4v) is 7.55. The average molecular weight is 397 g/mol. The molecule has 158 valence electrons. The Morgan fingerprint density at radius 3 is 2.79 bits per heavy atom. The lowest BCUT2D eigenvalue weighted by molar-refractivity contribution is -0.157. The number of hydrogen-bond acceptors (Lipinski definition) is 3. The third-order valence-corrected chi connectivity index (χ3v) is 9.13. The van der Waals surface area contributed by atoms with Gasteiger partial charge in [0.2, 0.25) is 0 Å². The second kappa shape index (κ2) is 7.63. The van der Waals surface area contributed by atoms with Crippen LogP contribution in [0.3, 0.4) is 0 Å². The number of phenolic OH excluding ortho intramolecular Hbond substituents is 1. The zero-order valence-electron chi connectivity index (χ0n) is 17.9. The first-order chi connectivity index (χ1) is 14.0. The number of hydrogen-bond donors (Lipinski definition) is 1. The SMILES string of the molecule is C[C@]12CC[C@@H]3c4ccc(O)cc4CC[C@@H]3[C@@H]1CC[C@H]2OC(=O)CCC1CCCC1. The minimum atomic E-state index is 0.0513. The Morgan fingerprint density at radius 1 is 1.14 bits per heavy atom. The van der Waals surface area contributed by atoms with Crippen molar-refractivity contribution < 1.29 is 14.6 Å². The summed E-state index contributed by atoms with van der Waals surface area (Å²) >= 11 is 0. The van der Waals surface area contributed by atoms with Crippen LogP contribution in [-0.4, -0.2) is 17.2 Å². The molecule has 1 aromatic rings. The van der Waals surface area contributed by atoms with E-state index in [1.165, 1.54) is 56.1 Å². The number of esters is 1. The van der Waals surface area contributed by atoms with Crippen LogP contribution in [0.4, 0.5) is 0 Å². The molecule has 29 heavy (non-hydrogen) atoms. The van der Waals surface area contributed by atoms with E-state index < -0.39 is 0 Å². The fraction of sp³-hybridized carbons (Fsp3) is 0.731. The summed E-state index contributed by atoms with van der Waals surface area (Å²) in [6, 6.07) is 6.00. The van der Waals surface area contributed by atoms with Crippen LogP contribution in [0.25, 0.3) is 0 Å². The van der Waals surface area contributed by atoms with Crippen molar-refractivity contribution in [3.63, 3.8) is 0 Å². The van der Waals surface area contributed by atoms with E-state index in [0.29, 0.717) is 29.9 Å². The molecule has 0 aliphatic heterocycles. The van der Waals surface area contributed by atoms with Gasteiger partial charge in [-0.2, -0.15) is 0 Å². The third kappa shape index (κ3) is 3.49. The van der Waals surface area contributed by atoms with Gasteiger partial charge in [0.05, 0.1) is 0 Å². The van der Waals surface area contributed by atoms with Crippen LogP contribution in [0.2, 0.25) is 0 Å². The lowest BCUT2D eigenvalue weighted by atomic mass is 9.55. The number of phenols is 1. The minimum Gasteiger partial charge on any atom is -0.508 e. The van der Waals surface area contributed by atoms with Crippen LogP contribution in [0.15, 0.2) is 18.2 Å². The zero-order valence-corrected chi connectivity index (χ0v) is 17.9. The number of aryl methyl sites for hydroxylation is 1. The van der Waals surface area contributed by atoms with Crippen LogP contribution in [0.1, 0.15) is 94.6 Å². The highest BCUT2D eigenvalue weighted by molar-refractivity contribution is 5.69. The molecule has 1 N–H and O–H groups in total. The summed E-state index contributed by atoms with van der Waals surface area (Å²) in [5.41, 5.74) is 2.97. The standard InChI is InChI=1S/C26H36O3/c1-26-15-14-21-20-10-8-19(27)16-18(20)7-9-22(21)23(26)11-12-24(26)29-25(28)13-6-17-4-2-3-5-17/h8,10,16-17,21-24,27H,2-7,9,11-15H2,1H3/t21-,22+,23+,24-,26+/m1/s1. The van der Waals surface area contributed by atoms with E-state index in [4.69, 9.17) is 4.74 Å². The second-order valence-corrected chi connectivity index (χ2v) is 10.6. The Labute approximate surface area is 175 Å². The van der Waals surface area contributed by atoms with E-state index in [1.807, 2.05) is 12.1 Å². The van der Waals surface area contributed by atoms with Gasteiger partial charge in [-0.1, -0.05) is 38.7 Å². The highest BCUT2D eigenvalue weighted by Gasteiger charge is 2.56. The van der Waals surface area contributed by atoms with Gasteiger partial charge < -0.3 is 9.84 Å². The maximum atomic E-state index is 12.6. The Bertz CT molecular complexity index is 765. The molecule has 0 spiro atoms. The lowest BCUT2D eigenvalue weighted by Crippen LogP contribution is -2.45. The maximum absolute atomic E-state index is 12.6. The van der Waals surface area contributed by atoms with Crippen molar-refractivity contribution in [2.45, 2.75) is 96.0 Å². The highest BCUT2D eigenvalue weighted by atomic mass is 16.5. The molecule has 0 heterocycles. The van der Waals surface area contributed by atoms with Crippen molar-refractivity contribution >= 4 is 5.97 Å². The number of benzene rings is 1. The van der Waals surface area contributed by atoms with Crippen LogP contribution >= 0.6 is 0 Å². The largest absolute Gasteiger partial charge is 0.508 e. The second-order valence-electron chi connectivity index (χ2n) is 10.6. The first-order valence-corrected chi connectivity index (χ1v) is 12.1. The van der Waals surface area contributed by atoms with Crippen molar-refractivity contribution in [1.29, 1.82) is 0 Å². The monoisotopic (exact) mass is 396 g/mol. The molecular weight excluding hydrogens is 360 g/mol.